The molecule has 2 rings (SSSR count). The fourth-order valence-electron chi connectivity index (χ4n) is 1.99. The molecule has 1 atom stereocenters. The Labute approximate surface area is 109 Å². The number of hydrogen-bond acceptors (Lipinski definition) is 3. The summed E-state index contributed by atoms with van der Waals surface area (Å²) in [5, 5.41) is 8.82. The Morgan fingerprint density at radius 3 is 2.68 bits per heavy atom. The lowest BCUT2D eigenvalue weighted by atomic mass is 10.1. The van der Waals surface area contributed by atoms with Gasteiger partial charge < -0.3 is 14.7 Å². The number of ether oxygens (including phenoxy) is 1. The molecular formula is C13H14FNO4. The first-order valence-electron chi connectivity index (χ1n) is 5.98. The van der Waals surface area contributed by atoms with Crippen LogP contribution in [0, 0.1) is 11.7 Å². The fraction of sp³-hybridized carbons (Fsp3) is 0.385. The highest BCUT2D eigenvalue weighted by Crippen LogP contribution is 2.18. The third-order valence-corrected chi connectivity index (χ3v) is 3.04. The van der Waals surface area contributed by atoms with Crippen LogP contribution < -0.4 is 4.74 Å². The van der Waals surface area contributed by atoms with Gasteiger partial charge in [-0.05, 0) is 30.7 Å². The van der Waals surface area contributed by atoms with Crippen LogP contribution in [0.1, 0.15) is 6.42 Å². The minimum Gasteiger partial charge on any atom is -0.492 e. The van der Waals surface area contributed by atoms with E-state index in [1.807, 2.05) is 0 Å². The number of halogens is 1. The van der Waals surface area contributed by atoms with Crippen LogP contribution in [-0.2, 0) is 9.59 Å². The predicted molar refractivity (Wildman–Crippen MR) is 64.2 cm³/mol. The van der Waals surface area contributed by atoms with Crippen LogP contribution in [0.25, 0.3) is 0 Å². The molecule has 1 aliphatic heterocycles. The minimum atomic E-state index is -1.08. The molecule has 0 saturated carbocycles. The first-order chi connectivity index (χ1) is 9.08. The number of carboxylic acid groups (broad SMARTS) is 1. The van der Waals surface area contributed by atoms with Crippen LogP contribution >= 0.6 is 0 Å². The van der Waals surface area contributed by atoms with Crippen molar-refractivity contribution >= 4 is 11.9 Å². The van der Waals surface area contributed by atoms with E-state index in [9.17, 15) is 14.0 Å². The van der Waals surface area contributed by atoms with Crippen molar-refractivity contribution in [2.24, 2.45) is 5.92 Å². The zero-order valence-corrected chi connectivity index (χ0v) is 10.2. The number of hydrogen-bond donors (Lipinski definition) is 1. The van der Waals surface area contributed by atoms with E-state index in [-0.39, 0.29) is 18.3 Å². The molecular weight excluding hydrogens is 253 g/mol. The van der Waals surface area contributed by atoms with Crippen molar-refractivity contribution in [1.29, 1.82) is 0 Å². The Balaban J connectivity index is 1.79. The van der Waals surface area contributed by atoms with E-state index < -0.39 is 11.9 Å². The second kappa shape index (κ2) is 5.69. The van der Waals surface area contributed by atoms with Crippen LogP contribution in [0.4, 0.5) is 4.39 Å². The third-order valence-electron chi connectivity index (χ3n) is 3.04. The van der Waals surface area contributed by atoms with Crippen molar-refractivity contribution < 1.29 is 23.8 Å². The van der Waals surface area contributed by atoms with E-state index in [4.69, 9.17) is 9.84 Å². The van der Waals surface area contributed by atoms with E-state index in [1.54, 1.807) is 0 Å². The molecule has 1 aromatic rings. The van der Waals surface area contributed by atoms with Crippen molar-refractivity contribution in [3.05, 3.63) is 30.1 Å². The van der Waals surface area contributed by atoms with Gasteiger partial charge in [-0.3, -0.25) is 9.59 Å². The summed E-state index contributed by atoms with van der Waals surface area (Å²) in [6, 6.07) is 5.58. The minimum absolute atomic E-state index is 0.254. The van der Waals surface area contributed by atoms with E-state index in [0.29, 0.717) is 25.3 Å². The molecule has 1 saturated heterocycles. The summed E-state index contributed by atoms with van der Waals surface area (Å²) in [4.78, 5) is 23.9. The summed E-state index contributed by atoms with van der Waals surface area (Å²) in [5.41, 5.74) is 0. The van der Waals surface area contributed by atoms with Crippen LogP contribution in [-0.4, -0.2) is 41.6 Å². The molecule has 0 radical (unpaired) electrons. The van der Waals surface area contributed by atoms with Gasteiger partial charge in [-0.25, -0.2) is 4.39 Å². The molecule has 5 nitrogen and oxygen atoms in total. The summed E-state index contributed by atoms with van der Waals surface area (Å²) < 4.78 is 18.0. The highest BCUT2D eigenvalue weighted by Gasteiger charge is 2.36. The molecule has 19 heavy (non-hydrogen) atoms. The van der Waals surface area contributed by atoms with Gasteiger partial charge in [0.2, 0.25) is 5.91 Å². The second-order valence-electron chi connectivity index (χ2n) is 4.31. The summed E-state index contributed by atoms with van der Waals surface area (Å²) >= 11 is 0. The molecule has 1 amide bonds. The number of rotatable bonds is 5. The molecule has 1 N–H and O–H groups in total. The standard InChI is InChI=1S/C13H14FNO4/c14-9-1-3-10(4-2-9)19-8-7-15-6-5-11(12(15)16)13(17)18/h1-4,11H,5-8H2,(H,17,18). The monoisotopic (exact) mass is 267 g/mol. The summed E-state index contributed by atoms with van der Waals surface area (Å²) in [7, 11) is 0. The van der Waals surface area contributed by atoms with Gasteiger partial charge in [0.25, 0.3) is 0 Å². The topological polar surface area (TPSA) is 66.8 Å². The number of nitrogens with zero attached hydrogens (tertiary/aromatic N) is 1. The molecule has 102 valence electrons. The van der Waals surface area contributed by atoms with Gasteiger partial charge >= 0.3 is 5.97 Å². The maximum absolute atomic E-state index is 12.7. The van der Waals surface area contributed by atoms with Crippen LogP contribution in [0.3, 0.4) is 0 Å². The van der Waals surface area contributed by atoms with Crippen molar-refractivity contribution in [3.63, 3.8) is 0 Å². The van der Waals surface area contributed by atoms with Gasteiger partial charge in [-0.1, -0.05) is 0 Å². The fourth-order valence-corrected chi connectivity index (χ4v) is 1.99. The molecule has 1 heterocycles. The first kappa shape index (κ1) is 13.3. The maximum Gasteiger partial charge on any atom is 0.316 e. The van der Waals surface area contributed by atoms with Gasteiger partial charge in [-0.2, -0.15) is 0 Å². The Bertz CT molecular complexity index is 474. The third kappa shape index (κ3) is 3.21. The molecule has 1 aliphatic rings. The van der Waals surface area contributed by atoms with Gasteiger partial charge in [0.05, 0.1) is 6.54 Å². The normalized spacial score (nSPS) is 18.7. The van der Waals surface area contributed by atoms with Crippen LogP contribution in [0.2, 0.25) is 0 Å². The zero-order chi connectivity index (χ0) is 13.8. The van der Waals surface area contributed by atoms with E-state index in [0.717, 1.165) is 0 Å². The van der Waals surface area contributed by atoms with Crippen molar-refractivity contribution in [3.8, 4) is 5.75 Å². The quantitative estimate of drug-likeness (QED) is 0.812. The number of carbonyl (C=O) groups excluding carboxylic acids is 1. The number of carbonyl (C=O) groups is 2. The largest absolute Gasteiger partial charge is 0.492 e. The van der Waals surface area contributed by atoms with Crippen molar-refractivity contribution in [2.75, 3.05) is 19.7 Å². The number of amides is 1. The number of benzene rings is 1. The Morgan fingerprint density at radius 2 is 2.11 bits per heavy atom. The number of aliphatic carboxylic acids is 1. The van der Waals surface area contributed by atoms with Gasteiger partial charge in [0.15, 0.2) is 0 Å². The lowest BCUT2D eigenvalue weighted by molar-refractivity contribution is -0.147. The first-order valence-corrected chi connectivity index (χ1v) is 5.98. The van der Waals surface area contributed by atoms with E-state index in [1.165, 1.54) is 29.2 Å². The Morgan fingerprint density at radius 1 is 1.42 bits per heavy atom. The SMILES string of the molecule is O=C(O)C1CCN(CCOc2ccc(F)cc2)C1=O. The summed E-state index contributed by atoms with van der Waals surface area (Å²) in [6.45, 7) is 1.02. The van der Waals surface area contributed by atoms with Crippen LogP contribution in [0.15, 0.2) is 24.3 Å². The summed E-state index contributed by atoms with van der Waals surface area (Å²) in [5.74, 6) is -2.19. The molecule has 6 heteroatoms. The van der Waals surface area contributed by atoms with E-state index in [2.05, 4.69) is 0 Å². The molecule has 0 spiro atoms. The molecule has 0 bridgehead atoms. The van der Waals surface area contributed by atoms with Crippen LogP contribution in [0.5, 0.6) is 5.75 Å². The Kier molecular flexibility index (Phi) is 3.99. The van der Waals surface area contributed by atoms with Gasteiger partial charge in [0.1, 0.15) is 24.1 Å². The summed E-state index contributed by atoms with van der Waals surface area (Å²) in [6.07, 6.45) is 0.338. The maximum atomic E-state index is 12.7. The number of likely N-dealkylation sites (tertiary alicyclic amines) is 1. The lowest BCUT2D eigenvalue weighted by Gasteiger charge is -2.16. The highest BCUT2D eigenvalue weighted by atomic mass is 19.1. The molecule has 1 fully saturated rings. The molecule has 1 aromatic carbocycles. The van der Waals surface area contributed by atoms with E-state index >= 15 is 0 Å². The Hall–Kier alpha value is -2.11. The van der Waals surface area contributed by atoms with Crippen molar-refractivity contribution in [2.45, 2.75) is 6.42 Å². The average Bonchev–Trinajstić information content (AvgIpc) is 2.74. The predicted octanol–water partition coefficient (Wildman–Crippen LogP) is 1.14. The second-order valence-corrected chi connectivity index (χ2v) is 4.31. The van der Waals surface area contributed by atoms with Crippen molar-refractivity contribution in [1.82, 2.24) is 4.90 Å². The molecule has 0 aliphatic carbocycles. The number of carboxylic acids is 1. The van der Waals surface area contributed by atoms with Gasteiger partial charge in [0, 0.05) is 6.54 Å². The zero-order valence-electron chi connectivity index (χ0n) is 10.2. The lowest BCUT2D eigenvalue weighted by Crippen LogP contribution is -2.33. The molecule has 1 unspecified atom stereocenters. The molecule has 0 aromatic heterocycles. The smallest absolute Gasteiger partial charge is 0.316 e. The highest BCUT2D eigenvalue weighted by molar-refractivity contribution is 5.98. The average molecular weight is 267 g/mol. The van der Waals surface area contributed by atoms with Gasteiger partial charge in [-0.15, -0.1) is 0 Å².